The third kappa shape index (κ3) is 5.61. The Labute approximate surface area is 154 Å². The molecule has 0 spiro atoms. The predicted molar refractivity (Wildman–Crippen MR) is 102 cm³/mol. The van der Waals surface area contributed by atoms with Crippen molar-refractivity contribution < 1.29 is 4.79 Å². The Hall–Kier alpha value is -2.32. The number of nitrogens with one attached hydrogen (secondary N) is 1. The number of aromatic nitrogens is 3. The van der Waals surface area contributed by atoms with Gasteiger partial charge in [0.1, 0.15) is 5.01 Å². The summed E-state index contributed by atoms with van der Waals surface area (Å²) in [6, 6.07) is 9.69. The molecule has 0 aliphatic carbocycles. The topological polar surface area (TPSA) is 93.8 Å². The van der Waals surface area contributed by atoms with Gasteiger partial charge in [0.25, 0.3) is 0 Å². The molecule has 3 N–H and O–H groups in total. The first-order chi connectivity index (χ1) is 12.2. The molecule has 0 radical (unpaired) electrons. The summed E-state index contributed by atoms with van der Waals surface area (Å²) in [6.45, 7) is 0. The molecule has 0 saturated heterocycles. The Morgan fingerprint density at radius 2 is 1.88 bits per heavy atom. The van der Waals surface area contributed by atoms with E-state index in [9.17, 15) is 4.79 Å². The van der Waals surface area contributed by atoms with Gasteiger partial charge in [0.2, 0.25) is 11.0 Å². The zero-order chi connectivity index (χ0) is 17.5. The number of rotatable bonds is 8. The summed E-state index contributed by atoms with van der Waals surface area (Å²) in [5.74, 6) is -0.0408. The van der Waals surface area contributed by atoms with Crippen LogP contribution in [0.4, 0.5) is 10.3 Å². The fraction of sp³-hybridized carbons (Fsp3) is 0.294. The van der Waals surface area contributed by atoms with Gasteiger partial charge in [0.05, 0.1) is 6.42 Å². The number of hydrogen-bond donors (Lipinski definition) is 2. The number of unbranched alkanes of at least 4 members (excludes halogenated alkanes) is 1. The third-order valence-corrected chi connectivity index (χ3v) is 5.34. The van der Waals surface area contributed by atoms with Gasteiger partial charge in [0.15, 0.2) is 5.13 Å². The number of nitrogens with zero attached hydrogens (tertiary/aromatic N) is 3. The molecule has 1 amide bonds. The molecule has 2 aromatic heterocycles. The smallest absolute Gasteiger partial charge is 0.230 e. The Bertz CT molecular complexity index is 815. The van der Waals surface area contributed by atoms with Gasteiger partial charge < -0.3 is 11.1 Å². The molecule has 130 valence electrons. The second-order valence-corrected chi connectivity index (χ2v) is 7.79. The molecule has 1 aromatic carbocycles. The van der Waals surface area contributed by atoms with Gasteiger partial charge in [-0.15, -0.1) is 21.5 Å². The zero-order valence-corrected chi connectivity index (χ0v) is 15.3. The molecule has 2 heterocycles. The van der Waals surface area contributed by atoms with Crippen LogP contribution >= 0.6 is 22.7 Å². The minimum Gasteiger partial charge on any atom is -0.374 e. The average molecular weight is 374 g/mol. The van der Waals surface area contributed by atoms with Crippen LogP contribution in [0.25, 0.3) is 0 Å². The number of carbonyl (C=O) groups excluding carboxylic acids is 1. The molecule has 6 nitrogen and oxygen atoms in total. The lowest BCUT2D eigenvalue weighted by Crippen LogP contribution is -2.13. The minimum atomic E-state index is -0.0408. The minimum absolute atomic E-state index is 0.0408. The van der Waals surface area contributed by atoms with Gasteiger partial charge in [0, 0.05) is 17.5 Å². The Morgan fingerprint density at radius 3 is 2.64 bits per heavy atom. The number of benzene rings is 1. The highest BCUT2D eigenvalue weighted by molar-refractivity contribution is 7.15. The fourth-order valence-corrected chi connectivity index (χ4v) is 3.89. The highest BCUT2D eigenvalue weighted by Gasteiger charge is 2.08. The predicted octanol–water partition coefficient (Wildman–Crippen LogP) is 3.32. The monoisotopic (exact) mass is 373 g/mol. The van der Waals surface area contributed by atoms with E-state index >= 15 is 0 Å². The zero-order valence-electron chi connectivity index (χ0n) is 13.6. The number of amides is 1. The molecule has 8 heteroatoms. The summed E-state index contributed by atoms with van der Waals surface area (Å²) in [6.07, 6.45) is 6.11. The Balaban J connectivity index is 1.40. The van der Waals surface area contributed by atoms with E-state index in [2.05, 4.69) is 20.5 Å². The molecule has 3 aromatic rings. The molecule has 0 atom stereocenters. The van der Waals surface area contributed by atoms with E-state index in [4.69, 9.17) is 5.73 Å². The van der Waals surface area contributed by atoms with Crippen molar-refractivity contribution in [1.82, 2.24) is 15.2 Å². The van der Waals surface area contributed by atoms with Crippen molar-refractivity contribution in [3.63, 3.8) is 0 Å². The van der Waals surface area contributed by atoms with Crippen LogP contribution in [0.1, 0.15) is 28.3 Å². The van der Waals surface area contributed by atoms with Crippen molar-refractivity contribution in [3.8, 4) is 0 Å². The molecule has 0 saturated carbocycles. The van der Waals surface area contributed by atoms with Crippen LogP contribution in [-0.2, 0) is 24.1 Å². The molecular weight excluding hydrogens is 354 g/mol. The first-order valence-corrected chi connectivity index (χ1v) is 9.68. The fourth-order valence-electron chi connectivity index (χ4n) is 2.37. The number of aryl methyl sites for hydroxylation is 2. The first kappa shape index (κ1) is 17.5. The summed E-state index contributed by atoms with van der Waals surface area (Å²) in [7, 11) is 0. The Kier molecular flexibility index (Phi) is 6.08. The lowest BCUT2D eigenvalue weighted by atomic mass is 10.1. The standard InChI is InChI=1S/C17H19N5OS2/c18-16-22-21-15(25-16)9-5-4-8-13-11-19-17(24-13)20-14(23)10-12-6-2-1-3-7-12/h1-3,6-7,11H,4-5,8-10H2,(H2,18,22)(H,19,20,23). The number of thiazole rings is 1. The molecule has 0 fully saturated rings. The van der Waals surface area contributed by atoms with Crippen LogP contribution in [0, 0.1) is 0 Å². The van der Waals surface area contributed by atoms with E-state index in [1.165, 1.54) is 27.6 Å². The van der Waals surface area contributed by atoms with Crippen LogP contribution in [0.3, 0.4) is 0 Å². The van der Waals surface area contributed by atoms with Crippen molar-refractivity contribution in [3.05, 3.63) is 52.0 Å². The molecule has 0 bridgehead atoms. The van der Waals surface area contributed by atoms with Crippen LogP contribution in [0.2, 0.25) is 0 Å². The lowest BCUT2D eigenvalue weighted by Gasteiger charge is -2.01. The maximum atomic E-state index is 12.0. The van der Waals surface area contributed by atoms with E-state index in [1.54, 1.807) is 0 Å². The van der Waals surface area contributed by atoms with Gasteiger partial charge in [-0.05, 0) is 24.8 Å². The van der Waals surface area contributed by atoms with Crippen LogP contribution in [-0.4, -0.2) is 21.1 Å². The summed E-state index contributed by atoms with van der Waals surface area (Å²) in [5.41, 5.74) is 6.56. The van der Waals surface area contributed by atoms with Crippen molar-refractivity contribution in [1.29, 1.82) is 0 Å². The van der Waals surface area contributed by atoms with E-state index < -0.39 is 0 Å². The third-order valence-electron chi connectivity index (χ3n) is 3.55. The van der Waals surface area contributed by atoms with Crippen LogP contribution in [0.5, 0.6) is 0 Å². The maximum Gasteiger partial charge on any atom is 0.230 e. The molecule has 25 heavy (non-hydrogen) atoms. The quantitative estimate of drug-likeness (QED) is 0.591. The number of carbonyl (C=O) groups is 1. The molecule has 3 rings (SSSR count). The molecule has 0 unspecified atom stereocenters. The summed E-state index contributed by atoms with van der Waals surface area (Å²) >= 11 is 2.98. The molecule has 0 aliphatic heterocycles. The van der Waals surface area contributed by atoms with Crippen molar-refractivity contribution in [2.24, 2.45) is 0 Å². The van der Waals surface area contributed by atoms with Crippen molar-refractivity contribution in [2.45, 2.75) is 32.1 Å². The Morgan fingerprint density at radius 1 is 1.08 bits per heavy atom. The maximum absolute atomic E-state index is 12.0. The second kappa shape index (κ2) is 8.68. The lowest BCUT2D eigenvalue weighted by molar-refractivity contribution is -0.115. The normalized spacial score (nSPS) is 10.7. The average Bonchev–Trinajstić information content (AvgIpc) is 3.21. The first-order valence-electron chi connectivity index (χ1n) is 8.05. The molecule has 0 aliphatic rings. The van der Waals surface area contributed by atoms with Crippen molar-refractivity contribution in [2.75, 3.05) is 11.1 Å². The van der Waals surface area contributed by atoms with Gasteiger partial charge in [-0.2, -0.15) is 0 Å². The van der Waals surface area contributed by atoms with Gasteiger partial charge in [-0.1, -0.05) is 41.7 Å². The molecular formula is C17H19N5OS2. The van der Waals surface area contributed by atoms with Gasteiger partial charge in [-0.3, -0.25) is 4.79 Å². The number of nitrogens with two attached hydrogens (primary N) is 1. The van der Waals surface area contributed by atoms with Gasteiger partial charge in [-0.25, -0.2) is 4.98 Å². The highest BCUT2D eigenvalue weighted by Crippen LogP contribution is 2.21. The van der Waals surface area contributed by atoms with Crippen molar-refractivity contribution >= 4 is 38.8 Å². The number of hydrogen-bond acceptors (Lipinski definition) is 7. The summed E-state index contributed by atoms with van der Waals surface area (Å²) in [4.78, 5) is 17.5. The van der Waals surface area contributed by atoms with Crippen LogP contribution < -0.4 is 11.1 Å². The van der Waals surface area contributed by atoms with Crippen LogP contribution in [0.15, 0.2) is 36.5 Å². The summed E-state index contributed by atoms with van der Waals surface area (Å²) < 4.78 is 0. The second-order valence-electron chi connectivity index (χ2n) is 5.58. The highest BCUT2D eigenvalue weighted by atomic mass is 32.1. The number of anilines is 2. The van der Waals surface area contributed by atoms with E-state index in [-0.39, 0.29) is 5.91 Å². The summed E-state index contributed by atoms with van der Waals surface area (Å²) in [5, 5.41) is 12.9. The van der Waals surface area contributed by atoms with E-state index in [0.29, 0.717) is 16.7 Å². The SMILES string of the molecule is Nc1nnc(CCCCc2cnc(NC(=O)Cc3ccccc3)s2)s1. The van der Waals surface area contributed by atoms with E-state index in [0.717, 1.165) is 36.3 Å². The largest absolute Gasteiger partial charge is 0.374 e. The number of nitrogen functional groups attached to an aromatic ring is 1. The van der Waals surface area contributed by atoms with E-state index in [1.807, 2.05) is 36.5 Å². The van der Waals surface area contributed by atoms with Gasteiger partial charge >= 0.3 is 0 Å².